The first kappa shape index (κ1) is 94.2. The van der Waals surface area contributed by atoms with Crippen LogP contribution < -0.4 is 38.1 Å². The van der Waals surface area contributed by atoms with E-state index in [0.717, 1.165) is 0 Å². The monoisotopic (exact) mass is 1640 g/mol. The third-order valence-corrected chi connectivity index (χ3v) is 18.5. The lowest BCUT2D eigenvalue weighted by molar-refractivity contribution is -0.272. The molecule has 48 heteroatoms. The van der Waals surface area contributed by atoms with Crippen LogP contribution in [0.1, 0.15) is 58.3 Å². The number of aliphatic carboxylic acids is 1. The van der Waals surface area contributed by atoms with Crippen LogP contribution in [0.5, 0.6) is 0 Å². The molecule has 0 aromatic carbocycles. The maximum absolute atomic E-state index is 13.6. The molecule has 21 atom stereocenters. The molecule has 21 N–H and O–H groups in total. The highest BCUT2D eigenvalue weighted by Crippen LogP contribution is 2.27. The second-order valence-corrected chi connectivity index (χ2v) is 27.3. The number of unbranched alkanes of at least 4 members (excludes halogenated alkanes) is 1. The molecule has 2 aromatic rings. The summed E-state index contributed by atoms with van der Waals surface area (Å²) in [5, 5.41) is 167. The summed E-state index contributed by atoms with van der Waals surface area (Å²) in [6.45, 7) is 4.33. The first-order chi connectivity index (χ1) is 54.7. The lowest BCUT2D eigenvalue weighted by Gasteiger charge is -2.42. The number of nitrogens with zero attached hydrogens (tertiary/aromatic N) is 11. The largest absolute Gasteiger partial charge is 0.480 e. The van der Waals surface area contributed by atoms with E-state index in [4.69, 9.17) is 62.7 Å². The number of hydrogen-bond acceptors (Lipinski definition) is 41. The van der Waals surface area contributed by atoms with E-state index in [1.807, 2.05) is 11.1 Å². The number of hydrazone groups is 1. The van der Waals surface area contributed by atoms with Crippen molar-refractivity contribution in [2.45, 2.75) is 202 Å². The number of amides is 4. The molecule has 48 nitrogen and oxygen atoms in total. The van der Waals surface area contributed by atoms with Gasteiger partial charge in [-0.15, -0.1) is 15.7 Å². The molecule has 0 radical (unpaired) electrons. The van der Waals surface area contributed by atoms with Gasteiger partial charge >= 0.3 is 5.97 Å². The van der Waals surface area contributed by atoms with Gasteiger partial charge in [0.05, 0.1) is 155 Å². The van der Waals surface area contributed by atoms with Gasteiger partial charge in [0.15, 0.2) is 25.2 Å². The van der Waals surface area contributed by atoms with E-state index in [-0.39, 0.29) is 132 Å². The number of nitrogens with one attached hydrogen (secondary N) is 6. The Morgan fingerprint density at radius 1 is 0.535 bits per heavy atom. The summed E-state index contributed by atoms with van der Waals surface area (Å²) in [5.74, 6) is 2.78. The lowest BCUT2D eigenvalue weighted by atomic mass is 9.97. The molecule has 0 unspecified atom stereocenters. The van der Waals surface area contributed by atoms with Crippen molar-refractivity contribution in [3.05, 3.63) is 35.7 Å². The van der Waals surface area contributed by atoms with Crippen molar-refractivity contribution in [3.63, 3.8) is 0 Å². The van der Waals surface area contributed by atoms with Crippen LogP contribution >= 0.6 is 0 Å². The Bertz CT molecular complexity index is 3180. The zero-order valence-electron chi connectivity index (χ0n) is 64.0. The summed E-state index contributed by atoms with van der Waals surface area (Å²) < 4.78 is 71.5. The van der Waals surface area contributed by atoms with Gasteiger partial charge in [-0.05, 0) is 19.4 Å². The fraction of sp³-hybridized carbons (Fsp3) is 0.803. The Kier molecular flexibility index (Phi) is 40.7. The molecule has 7 heterocycles. The lowest BCUT2D eigenvalue weighted by Crippen LogP contribution is -2.64. The topological polar surface area (TPSA) is 653 Å². The fourth-order valence-electron chi connectivity index (χ4n) is 12.8. The molecule has 4 saturated heterocycles. The number of ether oxygens (including phenoxy) is 12. The summed E-state index contributed by atoms with van der Waals surface area (Å²) in [6, 6.07) is -5.68. The zero-order chi connectivity index (χ0) is 82.8. The number of hydrazine groups is 2. The van der Waals surface area contributed by atoms with Crippen LogP contribution in [0.2, 0.25) is 0 Å². The van der Waals surface area contributed by atoms with E-state index in [2.05, 4.69) is 62.9 Å². The van der Waals surface area contributed by atoms with E-state index >= 15 is 0 Å². The second kappa shape index (κ2) is 49.3. The maximum Gasteiger partial charge on any atom is 0.320 e. The summed E-state index contributed by atoms with van der Waals surface area (Å²) in [6.07, 6.45) is -14.0. The van der Waals surface area contributed by atoms with Gasteiger partial charge in [-0.25, -0.2) is 9.36 Å². The number of carboxylic acid groups (broad SMARTS) is 1. The molecule has 0 saturated carbocycles. The molecule has 5 aliphatic heterocycles. The molecule has 4 amide bonds. The van der Waals surface area contributed by atoms with Crippen LogP contribution in [-0.4, -0.2) is 420 Å². The van der Waals surface area contributed by atoms with E-state index in [9.17, 15) is 90.4 Å². The Labute approximate surface area is 655 Å². The molecule has 0 bridgehead atoms. The van der Waals surface area contributed by atoms with Crippen LogP contribution in [0, 0.1) is 0 Å². The van der Waals surface area contributed by atoms with Gasteiger partial charge in [0.25, 0.3) is 0 Å². The molecule has 114 heavy (non-hydrogen) atoms. The van der Waals surface area contributed by atoms with Gasteiger partial charge < -0.3 is 156 Å². The summed E-state index contributed by atoms with van der Waals surface area (Å²) >= 11 is 0. The minimum atomic E-state index is -1.50. The van der Waals surface area contributed by atoms with Gasteiger partial charge in [-0.3, -0.25) is 43.8 Å². The van der Waals surface area contributed by atoms with Gasteiger partial charge in [0.2, 0.25) is 23.6 Å². The standard InChI is InChI=1S/C66H114N18O30/c1-37(89)69-50-58(97)54(93)46(33-85)111-63(50)107-21-17-103-13-8-68-25-41(73-67)26-80(27-42-30-82(77-74-42)10-14-104-18-22-108-64-51(70-38(2)90)59(98)55(94)47(34-86)112-64)9-6-5-7-45(62(101)102)81(28-43-31-83(78-75-43)11-15-105-19-23-109-65-52(71-39(3)91)60(99)56(95)48(35-87)113-65)29-44-32-84(79-76-44)12-16-106-20-24-110-66-53(72-40(4)92)61(100)57(96)49(36-88)114-66/h25,30-32,45-61,63-66,74,77,85-88,93-100H,5-24,26-29,33-36,67H2,1-4H3,(H,69,89)(H,70,90)(H,71,91)(H,72,92)(H,101,102)/t45-,46+,47+,48+,49+,50+,51+,52+,53+,54-,55-,56-,57-,58+,59+,60+,61+,63+,64+,65+,66+/m0/s1. The zero-order valence-corrected chi connectivity index (χ0v) is 64.0. The number of carbonyl (C=O) groups is 5. The maximum atomic E-state index is 13.6. The minimum absolute atomic E-state index is 0.0108. The molecule has 2 aromatic heterocycles. The highest BCUT2D eigenvalue weighted by Gasteiger charge is 2.49. The molecular weight excluding hydrogens is 1520 g/mol. The van der Waals surface area contributed by atoms with Crippen LogP contribution in [0.3, 0.4) is 0 Å². The average Bonchev–Trinajstić information content (AvgIpc) is 1.08. The normalized spacial score (nSPS) is 29.1. The Morgan fingerprint density at radius 2 is 0.912 bits per heavy atom. The second-order valence-electron chi connectivity index (χ2n) is 27.3. The third kappa shape index (κ3) is 29.9. The molecule has 7 rings (SSSR count). The van der Waals surface area contributed by atoms with Gasteiger partial charge in [-0.1, -0.05) is 16.8 Å². The molecule has 4 fully saturated rings. The van der Waals surface area contributed by atoms with E-state index < -0.39 is 185 Å². The molecule has 0 aliphatic carbocycles. The number of carboxylic acids is 1. The van der Waals surface area contributed by atoms with Crippen molar-refractivity contribution in [3.8, 4) is 0 Å². The summed E-state index contributed by atoms with van der Waals surface area (Å²) in [7, 11) is 0. The van der Waals surface area contributed by atoms with Crippen molar-refractivity contribution in [1.29, 1.82) is 0 Å². The first-order valence-electron chi connectivity index (χ1n) is 37.3. The van der Waals surface area contributed by atoms with E-state index in [1.165, 1.54) is 43.3 Å². The highest BCUT2D eigenvalue weighted by molar-refractivity contribution is 6.31. The number of rotatable bonds is 52. The van der Waals surface area contributed by atoms with Crippen LogP contribution in [0.25, 0.3) is 0 Å². The number of aromatic nitrogens is 6. The predicted octanol–water partition coefficient (Wildman–Crippen LogP) is -11.7. The van der Waals surface area contributed by atoms with E-state index in [0.29, 0.717) is 48.7 Å². The van der Waals surface area contributed by atoms with Crippen molar-refractivity contribution >= 4 is 41.5 Å². The number of aliphatic imine (C=N–C) groups is 1. The molecule has 648 valence electrons. The predicted molar refractivity (Wildman–Crippen MR) is 386 cm³/mol. The van der Waals surface area contributed by atoms with Crippen molar-refractivity contribution in [2.24, 2.45) is 15.9 Å². The number of carbonyl (C=O) groups excluding carboxylic acids is 4. The van der Waals surface area contributed by atoms with Crippen LogP contribution in [0.15, 0.2) is 34.4 Å². The highest BCUT2D eigenvalue weighted by atomic mass is 16.7. The van der Waals surface area contributed by atoms with Gasteiger partial charge in [0.1, 0.15) is 103 Å². The summed E-state index contributed by atoms with van der Waals surface area (Å²) in [4.78, 5) is 69.2. The molecule has 5 aliphatic rings. The average molecular weight is 1640 g/mol. The number of hydrogen-bond donors (Lipinski definition) is 20. The van der Waals surface area contributed by atoms with E-state index in [1.54, 1.807) is 22.3 Å². The quantitative estimate of drug-likeness (QED) is 0.0127. The van der Waals surface area contributed by atoms with Crippen LogP contribution in [-0.2, 0) is 107 Å². The van der Waals surface area contributed by atoms with Gasteiger partial charge in [0, 0.05) is 78.7 Å². The fourth-order valence-corrected chi connectivity index (χ4v) is 12.8. The van der Waals surface area contributed by atoms with Crippen LogP contribution in [0.4, 0.5) is 0 Å². The summed E-state index contributed by atoms with van der Waals surface area (Å²) in [5.41, 5.74) is 8.06. The number of aliphatic hydroxyl groups is 12. The molecular formula is C66H114N18O30. The minimum Gasteiger partial charge on any atom is -0.480 e. The van der Waals surface area contributed by atoms with Crippen molar-refractivity contribution in [1.82, 2.24) is 77.0 Å². The smallest absolute Gasteiger partial charge is 0.320 e. The Balaban J connectivity index is 0.981. The van der Waals surface area contributed by atoms with Crippen molar-refractivity contribution in [2.75, 3.05) is 138 Å². The number of aliphatic hydroxyl groups excluding tert-OH is 12. The molecule has 0 spiro atoms. The SMILES string of the molecule is CC(=O)N[C@H]1[C@H](OCCOCCN=CC(CN(CCCC[C@@H](C(=O)O)N(Cc2cn(CCOCCO[C@@H]3O[C@H](CO)[C@H](O)[C@H](O)[C@H]3NC(C)=O)nn2)Cc2cn(CCOCCO[C@@H]3O[C@H](CO)[C@H](O)[C@H](O)[C@H]3NC(C)=O)nn2)CC2=CN(CCOCCO[C@@H]3O[C@H](CO)[C@H](O)[C@H](O)[C@H]3NC(C)=O)NN2)=NN)O[C@H](CO)[C@H](O)[C@@H]1O. The van der Waals surface area contributed by atoms with Gasteiger partial charge in [-0.2, -0.15) is 5.10 Å². The Hall–Kier alpha value is -6.97. The number of nitrogens with two attached hydrogens (primary N) is 1. The third-order valence-electron chi connectivity index (χ3n) is 18.5. The Morgan fingerprint density at radius 3 is 1.27 bits per heavy atom. The first-order valence-corrected chi connectivity index (χ1v) is 37.3. The van der Waals surface area contributed by atoms with Crippen molar-refractivity contribution < 1.29 is 147 Å².